The van der Waals surface area contributed by atoms with Crippen molar-refractivity contribution < 1.29 is 4.74 Å². The van der Waals surface area contributed by atoms with Crippen LogP contribution in [0.4, 0.5) is 0 Å². The van der Waals surface area contributed by atoms with Crippen LogP contribution in [0.1, 0.15) is 27.7 Å². The van der Waals surface area contributed by atoms with Crippen LogP contribution in [0.2, 0.25) is 0 Å². The molecular formula is C7H14O. The second kappa shape index (κ2) is 2.75. The summed E-state index contributed by atoms with van der Waals surface area (Å²) in [5.74, 6) is 0. The standard InChI is InChI=1S/C7H14O/c1-5-6-8-7(2,3)4/h5-6H,1-4H3/b6-5-. The third-order valence-electron chi connectivity index (χ3n) is 0.558. The summed E-state index contributed by atoms with van der Waals surface area (Å²) in [7, 11) is 0. The normalized spacial score (nSPS) is 12.5. The van der Waals surface area contributed by atoms with Gasteiger partial charge in [0, 0.05) is 0 Å². The van der Waals surface area contributed by atoms with Crippen LogP contribution in [0.3, 0.4) is 0 Å². The molecule has 0 bridgehead atoms. The van der Waals surface area contributed by atoms with Crippen molar-refractivity contribution in [1.29, 1.82) is 0 Å². The van der Waals surface area contributed by atoms with Crippen molar-refractivity contribution in [2.45, 2.75) is 33.3 Å². The summed E-state index contributed by atoms with van der Waals surface area (Å²) in [6.07, 6.45) is 3.59. The van der Waals surface area contributed by atoms with Gasteiger partial charge in [-0.15, -0.1) is 0 Å². The molecule has 0 unspecified atom stereocenters. The smallest absolute Gasteiger partial charge is 0.0998 e. The lowest BCUT2D eigenvalue weighted by Crippen LogP contribution is -2.14. The number of allylic oxidation sites excluding steroid dienone is 1. The monoisotopic (exact) mass is 114 g/mol. The van der Waals surface area contributed by atoms with E-state index in [0.717, 1.165) is 0 Å². The molecule has 0 N–H and O–H groups in total. The molecule has 48 valence electrons. The molecule has 0 aliphatic heterocycles. The molecule has 1 heteroatoms. The van der Waals surface area contributed by atoms with E-state index in [9.17, 15) is 0 Å². The van der Waals surface area contributed by atoms with Crippen LogP contribution in [0.15, 0.2) is 12.3 Å². The molecule has 0 amide bonds. The van der Waals surface area contributed by atoms with Gasteiger partial charge in [-0.2, -0.15) is 0 Å². The van der Waals surface area contributed by atoms with E-state index in [4.69, 9.17) is 4.74 Å². The van der Waals surface area contributed by atoms with Gasteiger partial charge >= 0.3 is 0 Å². The van der Waals surface area contributed by atoms with E-state index in [-0.39, 0.29) is 5.60 Å². The molecule has 0 saturated carbocycles. The molecule has 0 rings (SSSR count). The largest absolute Gasteiger partial charge is 0.496 e. The summed E-state index contributed by atoms with van der Waals surface area (Å²) in [6.45, 7) is 8.00. The molecule has 0 aliphatic rings. The number of hydrogen-bond acceptors (Lipinski definition) is 1. The maximum atomic E-state index is 5.20. The Kier molecular flexibility index (Phi) is 2.59. The number of rotatable bonds is 1. The lowest BCUT2D eigenvalue weighted by molar-refractivity contribution is 0.0765. The highest BCUT2D eigenvalue weighted by atomic mass is 16.5. The van der Waals surface area contributed by atoms with Crippen molar-refractivity contribution in [2.75, 3.05) is 0 Å². The molecule has 0 aromatic heterocycles. The third kappa shape index (κ3) is 5.54. The summed E-state index contributed by atoms with van der Waals surface area (Å²) in [4.78, 5) is 0. The van der Waals surface area contributed by atoms with Gasteiger partial charge in [-0.3, -0.25) is 0 Å². The van der Waals surface area contributed by atoms with Crippen molar-refractivity contribution in [2.24, 2.45) is 0 Å². The number of ether oxygens (including phenoxy) is 1. The first-order valence-corrected chi connectivity index (χ1v) is 2.85. The summed E-state index contributed by atoms with van der Waals surface area (Å²) in [5.41, 5.74) is -0.0352. The summed E-state index contributed by atoms with van der Waals surface area (Å²) < 4.78 is 5.20. The van der Waals surface area contributed by atoms with Gasteiger partial charge in [0.25, 0.3) is 0 Å². The minimum Gasteiger partial charge on any atom is -0.496 e. The van der Waals surface area contributed by atoms with E-state index < -0.39 is 0 Å². The minimum atomic E-state index is -0.0352. The average Bonchev–Trinajstić information content (AvgIpc) is 1.59. The molecule has 0 saturated heterocycles. The van der Waals surface area contributed by atoms with Gasteiger partial charge in [-0.1, -0.05) is 6.08 Å². The fraction of sp³-hybridized carbons (Fsp3) is 0.714. The second-order valence-electron chi connectivity index (χ2n) is 2.70. The van der Waals surface area contributed by atoms with Crippen LogP contribution >= 0.6 is 0 Å². The Morgan fingerprint density at radius 3 is 1.88 bits per heavy atom. The van der Waals surface area contributed by atoms with E-state index >= 15 is 0 Å². The van der Waals surface area contributed by atoms with Gasteiger partial charge in [0.05, 0.1) is 11.9 Å². The van der Waals surface area contributed by atoms with Crippen LogP contribution in [0.25, 0.3) is 0 Å². The van der Waals surface area contributed by atoms with Gasteiger partial charge < -0.3 is 4.74 Å². The third-order valence-corrected chi connectivity index (χ3v) is 0.558. The lowest BCUT2D eigenvalue weighted by Gasteiger charge is -2.17. The zero-order chi connectivity index (χ0) is 6.62. The lowest BCUT2D eigenvalue weighted by atomic mass is 10.2. The van der Waals surface area contributed by atoms with Crippen molar-refractivity contribution in [3.8, 4) is 0 Å². The maximum absolute atomic E-state index is 5.20. The SMILES string of the molecule is C/C=C\OC(C)(C)C. The quantitative estimate of drug-likeness (QED) is 0.475. The fourth-order valence-corrected chi connectivity index (χ4v) is 0.272. The summed E-state index contributed by atoms with van der Waals surface area (Å²) >= 11 is 0. The van der Waals surface area contributed by atoms with E-state index in [2.05, 4.69) is 0 Å². The average molecular weight is 114 g/mol. The molecule has 0 spiro atoms. The summed E-state index contributed by atoms with van der Waals surface area (Å²) in [5, 5.41) is 0. The van der Waals surface area contributed by atoms with Crippen LogP contribution < -0.4 is 0 Å². The zero-order valence-electron chi connectivity index (χ0n) is 6.06. The van der Waals surface area contributed by atoms with Gasteiger partial charge in [0.2, 0.25) is 0 Å². The predicted octanol–water partition coefficient (Wildman–Crippen LogP) is 2.34. The Hall–Kier alpha value is -0.460. The highest BCUT2D eigenvalue weighted by molar-refractivity contribution is 4.71. The highest BCUT2D eigenvalue weighted by Crippen LogP contribution is 2.05. The highest BCUT2D eigenvalue weighted by Gasteiger charge is 2.06. The zero-order valence-corrected chi connectivity index (χ0v) is 6.06. The van der Waals surface area contributed by atoms with Crippen LogP contribution in [-0.2, 0) is 4.74 Å². The maximum Gasteiger partial charge on any atom is 0.0998 e. The molecule has 0 atom stereocenters. The molecular weight excluding hydrogens is 100 g/mol. The Morgan fingerprint density at radius 2 is 1.75 bits per heavy atom. The molecule has 0 radical (unpaired) electrons. The van der Waals surface area contributed by atoms with Gasteiger partial charge in [-0.05, 0) is 27.7 Å². The molecule has 0 heterocycles. The first kappa shape index (κ1) is 7.54. The molecule has 0 fully saturated rings. The van der Waals surface area contributed by atoms with Crippen molar-refractivity contribution in [3.63, 3.8) is 0 Å². The molecule has 8 heavy (non-hydrogen) atoms. The Labute approximate surface area is 51.4 Å². The minimum absolute atomic E-state index is 0.0352. The first-order chi connectivity index (χ1) is 3.56. The van der Waals surface area contributed by atoms with E-state index in [1.165, 1.54) is 0 Å². The van der Waals surface area contributed by atoms with Crippen LogP contribution in [-0.4, -0.2) is 5.60 Å². The molecule has 0 aromatic carbocycles. The van der Waals surface area contributed by atoms with Gasteiger partial charge in [0.15, 0.2) is 0 Å². The van der Waals surface area contributed by atoms with E-state index in [0.29, 0.717) is 0 Å². The molecule has 0 aromatic rings. The Bertz CT molecular complexity index is 76.9. The van der Waals surface area contributed by atoms with Gasteiger partial charge in [-0.25, -0.2) is 0 Å². The van der Waals surface area contributed by atoms with Crippen molar-refractivity contribution in [1.82, 2.24) is 0 Å². The number of hydrogen-bond donors (Lipinski definition) is 0. The van der Waals surface area contributed by atoms with Crippen molar-refractivity contribution >= 4 is 0 Å². The predicted molar refractivity (Wildman–Crippen MR) is 35.7 cm³/mol. The molecule has 0 aliphatic carbocycles. The van der Waals surface area contributed by atoms with Crippen LogP contribution in [0.5, 0.6) is 0 Å². The van der Waals surface area contributed by atoms with E-state index in [1.807, 2.05) is 33.8 Å². The first-order valence-electron chi connectivity index (χ1n) is 2.85. The topological polar surface area (TPSA) is 9.23 Å². The molecule has 1 nitrogen and oxygen atoms in total. The Morgan fingerprint density at radius 1 is 1.25 bits per heavy atom. The van der Waals surface area contributed by atoms with E-state index in [1.54, 1.807) is 6.26 Å². The Balaban J connectivity index is 3.39. The fourth-order valence-electron chi connectivity index (χ4n) is 0.272. The van der Waals surface area contributed by atoms with Crippen molar-refractivity contribution in [3.05, 3.63) is 12.3 Å². The second-order valence-corrected chi connectivity index (χ2v) is 2.70. The van der Waals surface area contributed by atoms with Gasteiger partial charge in [0.1, 0.15) is 0 Å². The summed E-state index contributed by atoms with van der Waals surface area (Å²) in [6, 6.07) is 0. The van der Waals surface area contributed by atoms with Crippen LogP contribution in [0, 0.1) is 0 Å².